The van der Waals surface area contributed by atoms with E-state index >= 15 is 0 Å². The molecular formula is C28H30N2O5. The minimum atomic E-state index is -0.591. The van der Waals surface area contributed by atoms with Crippen molar-refractivity contribution < 1.29 is 23.9 Å². The van der Waals surface area contributed by atoms with Gasteiger partial charge in [-0.1, -0.05) is 19.1 Å². The molecule has 4 atom stereocenters. The van der Waals surface area contributed by atoms with Crippen LogP contribution in [0.3, 0.4) is 0 Å². The van der Waals surface area contributed by atoms with E-state index < -0.39 is 11.9 Å². The monoisotopic (exact) mass is 474 g/mol. The quantitative estimate of drug-likeness (QED) is 0.377. The molecular weight excluding hydrogens is 444 g/mol. The van der Waals surface area contributed by atoms with Gasteiger partial charge in [-0.05, 0) is 74.4 Å². The van der Waals surface area contributed by atoms with Crippen molar-refractivity contribution in [2.75, 3.05) is 16.3 Å². The van der Waals surface area contributed by atoms with Crippen molar-refractivity contribution in [3.8, 4) is 5.75 Å². The van der Waals surface area contributed by atoms with Gasteiger partial charge in [0.05, 0.1) is 23.4 Å². The molecule has 0 unspecified atom stereocenters. The van der Waals surface area contributed by atoms with Gasteiger partial charge >= 0.3 is 5.97 Å². The molecule has 0 N–H and O–H groups in total. The number of carbonyl (C=O) groups is 4. The van der Waals surface area contributed by atoms with Crippen LogP contribution in [0.15, 0.2) is 42.5 Å². The lowest BCUT2D eigenvalue weighted by atomic mass is 9.76. The molecule has 5 rings (SSSR count). The first kappa shape index (κ1) is 23.3. The third-order valence-corrected chi connectivity index (χ3v) is 7.46. The summed E-state index contributed by atoms with van der Waals surface area (Å²) in [5.41, 5.74) is 3.31. The van der Waals surface area contributed by atoms with Crippen LogP contribution in [0.4, 0.5) is 11.4 Å². The first-order valence-electron chi connectivity index (χ1n) is 12.3. The molecule has 7 heteroatoms. The topological polar surface area (TPSA) is 84.0 Å². The fourth-order valence-electron chi connectivity index (χ4n) is 5.75. The van der Waals surface area contributed by atoms with Gasteiger partial charge in [0.2, 0.25) is 17.7 Å². The fraction of sp³-hybridized carbons (Fsp3) is 0.429. The molecule has 2 saturated heterocycles. The molecule has 35 heavy (non-hydrogen) atoms. The highest BCUT2D eigenvalue weighted by Crippen LogP contribution is 2.42. The standard InChI is InChI=1S/C28H30N2O5/c1-16-7-8-23-24(12-16)27(33)30(26(23)32)20-5-4-6-22(14-20)35-28(34)19-13-25(31)29(15-19)21-10-17(2)9-18(3)11-21/h4-6,9-11,14,16,19,23-24H,7-8,12-13,15H2,1-3H3/t16-,19-,23+,24+/m1/s1. The van der Waals surface area contributed by atoms with Crippen LogP contribution in [-0.2, 0) is 19.2 Å². The minimum Gasteiger partial charge on any atom is -0.426 e. The Bertz CT molecular complexity index is 1200. The molecule has 2 aromatic carbocycles. The number of benzene rings is 2. The van der Waals surface area contributed by atoms with Crippen molar-refractivity contribution in [2.45, 2.75) is 46.5 Å². The molecule has 1 saturated carbocycles. The zero-order valence-electron chi connectivity index (χ0n) is 20.3. The second-order valence-electron chi connectivity index (χ2n) is 10.3. The van der Waals surface area contributed by atoms with E-state index in [0.717, 1.165) is 36.1 Å². The third kappa shape index (κ3) is 4.35. The average molecular weight is 475 g/mol. The second-order valence-corrected chi connectivity index (χ2v) is 10.3. The molecule has 0 radical (unpaired) electrons. The zero-order chi connectivity index (χ0) is 24.9. The van der Waals surface area contributed by atoms with Crippen LogP contribution in [0.25, 0.3) is 0 Å². The number of imide groups is 1. The predicted molar refractivity (Wildman–Crippen MR) is 131 cm³/mol. The predicted octanol–water partition coefficient (Wildman–Crippen LogP) is 4.19. The van der Waals surface area contributed by atoms with Gasteiger partial charge in [-0.2, -0.15) is 0 Å². The Hall–Kier alpha value is -3.48. The Kier molecular flexibility index (Phi) is 5.95. The molecule has 7 nitrogen and oxygen atoms in total. The molecule has 3 aliphatic rings. The van der Waals surface area contributed by atoms with Crippen LogP contribution in [0.5, 0.6) is 5.75 Å². The fourth-order valence-corrected chi connectivity index (χ4v) is 5.75. The van der Waals surface area contributed by atoms with Gasteiger partial charge in [0.1, 0.15) is 5.75 Å². The van der Waals surface area contributed by atoms with Gasteiger partial charge in [-0.15, -0.1) is 0 Å². The van der Waals surface area contributed by atoms with Crippen LogP contribution in [0.1, 0.15) is 43.7 Å². The Labute approximate surface area is 205 Å². The molecule has 3 amide bonds. The molecule has 2 aliphatic heterocycles. The van der Waals surface area contributed by atoms with Crippen molar-refractivity contribution in [1.29, 1.82) is 0 Å². The first-order chi connectivity index (χ1) is 16.7. The number of amides is 3. The summed E-state index contributed by atoms with van der Waals surface area (Å²) in [5, 5.41) is 0. The Balaban J connectivity index is 1.29. The molecule has 3 fully saturated rings. The summed E-state index contributed by atoms with van der Waals surface area (Å²) >= 11 is 0. The SMILES string of the molecule is Cc1cc(C)cc(N2C[C@H](C(=O)Oc3cccc(N4C(=O)[C@H]5CC[C@@H](C)C[C@@H]5C4=O)c3)CC2=O)c1. The number of anilines is 2. The summed E-state index contributed by atoms with van der Waals surface area (Å²) in [5.74, 6) is -1.37. The van der Waals surface area contributed by atoms with E-state index in [1.54, 1.807) is 29.2 Å². The van der Waals surface area contributed by atoms with E-state index in [-0.39, 0.29) is 48.3 Å². The lowest BCUT2D eigenvalue weighted by Gasteiger charge is -2.25. The molecule has 0 bridgehead atoms. The van der Waals surface area contributed by atoms with Gasteiger partial charge in [-0.3, -0.25) is 19.2 Å². The van der Waals surface area contributed by atoms with E-state index in [9.17, 15) is 19.2 Å². The van der Waals surface area contributed by atoms with Gasteiger partial charge in [0, 0.05) is 24.7 Å². The highest BCUT2D eigenvalue weighted by molar-refractivity contribution is 6.22. The van der Waals surface area contributed by atoms with Gasteiger partial charge in [0.15, 0.2) is 0 Å². The van der Waals surface area contributed by atoms with Crippen molar-refractivity contribution in [3.63, 3.8) is 0 Å². The number of hydrogen-bond donors (Lipinski definition) is 0. The van der Waals surface area contributed by atoms with E-state index in [4.69, 9.17) is 4.74 Å². The second kappa shape index (κ2) is 8.95. The van der Waals surface area contributed by atoms with Crippen molar-refractivity contribution in [3.05, 3.63) is 53.6 Å². The largest absolute Gasteiger partial charge is 0.426 e. The number of rotatable bonds is 4. The highest BCUT2D eigenvalue weighted by atomic mass is 16.5. The lowest BCUT2D eigenvalue weighted by molar-refractivity contribution is -0.139. The number of nitrogens with zero attached hydrogens (tertiary/aromatic N) is 2. The van der Waals surface area contributed by atoms with E-state index in [2.05, 4.69) is 6.92 Å². The number of carbonyl (C=O) groups excluding carboxylic acids is 4. The van der Waals surface area contributed by atoms with Crippen LogP contribution >= 0.6 is 0 Å². The Morgan fingerprint density at radius 3 is 2.37 bits per heavy atom. The number of fused-ring (bicyclic) bond motifs is 1. The maximum Gasteiger partial charge on any atom is 0.316 e. The Morgan fingerprint density at radius 2 is 1.63 bits per heavy atom. The zero-order valence-corrected chi connectivity index (χ0v) is 20.3. The third-order valence-electron chi connectivity index (χ3n) is 7.46. The molecule has 0 spiro atoms. The number of aryl methyl sites for hydroxylation is 2. The van der Waals surface area contributed by atoms with Gasteiger partial charge in [0.25, 0.3) is 0 Å². The molecule has 182 valence electrons. The summed E-state index contributed by atoms with van der Waals surface area (Å²) in [4.78, 5) is 54.5. The van der Waals surface area contributed by atoms with E-state index in [0.29, 0.717) is 11.6 Å². The highest BCUT2D eigenvalue weighted by Gasteiger charge is 2.50. The lowest BCUT2D eigenvalue weighted by Crippen LogP contribution is -2.31. The van der Waals surface area contributed by atoms with Gasteiger partial charge in [-0.25, -0.2) is 4.90 Å². The summed E-state index contributed by atoms with van der Waals surface area (Å²) in [6.45, 7) is 6.32. The molecule has 1 aliphatic carbocycles. The van der Waals surface area contributed by atoms with Crippen molar-refractivity contribution >= 4 is 35.1 Å². The first-order valence-corrected chi connectivity index (χ1v) is 12.3. The number of esters is 1. The van der Waals surface area contributed by atoms with Gasteiger partial charge < -0.3 is 9.64 Å². The maximum atomic E-state index is 13.0. The summed E-state index contributed by atoms with van der Waals surface area (Å²) < 4.78 is 5.62. The average Bonchev–Trinajstić information content (AvgIpc) is 3.31. The van der Waals surface area contributed by atoms with E-state index in [1.807, 2.05) is 32.0 Å². The minimum absolute atomic E-state index is 0.0795. The van der Waals surface area contributed by atoms with Crippen molar-refractivity contribution in [2.24, 2.45) is 23.7 Å². The maximum absolute atomic E-state index is 13.0. The van der Waals surface area contributed by atoms with Crippen molar-refractivity contribution in [1.82, 2.24) is 0 Å². The molecule has 2 aromatic rings. The van der Waals surface area contributed by atoms with Crippen LogP contribution in [0, 0.1) is 37.5 Å². The van der Waals surface area contributed by atoms with Crippen LogP contribution in [0.2, 0.25) is 0 Å². The molecule has 0 aromatic heterocycles. The summed E-state index contributed by atoms with van der Waals surface area (Å²) in [6.07, 6.45) is 2.49. The number of hydrogen-bond acceptors (Lipinski definition) is 5. The smallest absolute Gasteiger partial charge is 0.316 e. The van der Waals surface area contributed by atoms with Crippen LogP contribution in [-0.4, -0.2) is 30.2 Å². The van der Waals surface area contributed by atoms with Crippen LogP contribution < -0.4 is 14.5 Å². The van der Waals surface area contributed by atoms with E-state index in [1.165, 1.54) is 4.90 Å². The summed E-state index contributed by atoms with van der Waals surface area (Å²) in [6, 6.07) is 12.5. The summed E-state index contributed by atoms with van der Waals surface area (Å²) in [7, 11) is 0. The normalized spacial score (nSPS) is 26.3. The molecule has 2 heterocycles. The number of ether oxygens (including phenoxy) is 1. The Morgan fingerprint density at radius 1 is 0.914 bits per heavy atom.